The predicted molar refractivity (Wildman–Crippen MR) is 83.6 cm³/mol. The second-order valence-corrected chi connectivity index (χ2v) is 5.26. The molecular formula is C16H24N2O3. The van der Waals surface area contributed by atoms with E-state index in [9.17, 15) is 9.59 Å². The monoisotopic (exact) mass is 292 g/mol. The van der Waals surface area contributed by atoms with Crippen molar-refractivity contribution in [2.45, 2.75) is 32.1 Å². The Balaban J connectivity index is 2.19. The van der Waals surface area contributed by atoms with Crippen LogP contribution in [0.25, 0.3) is 0 Å². The van der Waals surface area contributed by atoms with Gasteiger partial charge in [-0.1, -0.05) is 12.1 Å². The van der Waals surface area contributed by atoms with Crippen LogP contribution < -0.4 is 10.2 Å². The van der Waals surface area contributed by atoms with E-state index in [4.69, 9.17) is 5.11 Å². The van der Waals surface area contributed by atoms with Crippen LogP contribution in [-0.4, -0.2) is 37.6 Å². The Bertz CT molecular complexity index is 455. The minimum absolute atomic E-state index is 0.0158. The van der Waals surface area contributed by atoms with Gasteiger partial charge >= 0.3 is 5.97 Å². The maximum atomic E-state index is 11.7. The van der Waals surface area contributed by atoms with Crippen molar-refractivity contribution in [3.63, 3.8) is 0 Å². The third-order valence-corrected chi connectivity index (χ3v) is 3.23. The molecule has 2 N–H and O–H groups in total. The van der Waals surface area contributed by atoms with Crippen molar-refractivity contribution in [1.82, 2.24) is 5.32 Å². The highest BCUT2D eigenvalue weighted by atomic mass is 16.4. The Labute approximate surface area is 126 Å². The molecule has 0 aliphatic heterocycles. The molecule has 5 nitrogen and oxygen atoms in total. The van der Waals surface area contributed by atoms with E-state index in [0.29, 0.717) is 32.2 Å². The molecule has 5 heteroatoms. The van der Waals surface area contributed by atoms with Crippen LogP contribution in [0, 0.1) is 0 Å². The van der Waals surface area contributed by atoms with Gasteiger partial charge in [0.25, 0.3) is 0 Å². The Kier molecular flexibility index (Phi) is 7.29. The molecule has 0 radical (unpaired) electrons. The van der Waals surface area contributed by atoms with Gasteiger partial charge in [0, 0.05) is 39.2 Å². The summed E-state index contributed by atoms with van der Waals surface area (Å²) in [4.78, 5) is 24.0. The number of unbranched alkanes of at least 4 members (excludes halogenated alkanes) is 1. The van der Waals surface area contributed by atoms with Crippen molar-refractivity contribution in [1.29, 1.82) is 0 Å². The number of carbonyl (C=O) groups excluding carboxylic acids is 1. The van der Waals surface area contributed by atoms with E-state index in [1.165, 1.54) is 0 Å². The van der Waals surface area contributed by atoms with Gasteiger partial charge < -0.3 is 15.3 Å². The summed E-state index contributed by atoms with van der Waals surface area (Å²) in [5.74, 6) is -0.774. The molecule has 0 aliphatic carbocycles. The molecule has 0 aliphatic rings. The number of amides is 1. The van der Waals surface area contributed by atoms with Gasteiger partial charge in [0.05, 0.1) is 0 Å². The van der Waals surface area contributed by atoms with Gasteiger partial charge in [-0.3, -0.25) is 9.59 Å². The van der Waals surface area contributed by atoms with E-state index in [-0.39, 0.29) is 12.3 Å². The smallest absolute Gasteiger partial charge is 0.303 e. The quantitative estimate of drug-likeness (QED) is 0.684. The highest BCUT2D eigenvalue weighted by Crippen LogP contribution is 2.13. The summed E-state index contributed by atoms with van der Waals surface area (Å²) < 4.78 is 0. The Hall–Kier alpha value is -2.04. The summed E-state index contributed by atoms with van der Waals surface area (Å²) in [7, 11) is 3.99. The largest absolute Gasteiger partial charge is 0.481 e. The van der Waals surface area contributed by atoms with Crippen LogP contribution in [0.2, 0.25) is 0 Å². The number of benzene rings is 1. The van der Waals surface area contributed by atoms with Crippen LogP contribution in [0.15, 0.2) is 24.3 Å². The molecule has 0 fully saturated rings. The standard InChI is InChI=1S/C16H24N2O3/c1-18(2)14-9-6-13(7-10-14)8-11-15(19)17-12-4-3-5-16(20)21/h6-7,9-10H,3-5,8,11-12H2,1-2H3,(H,17,19)(H,20,21). The molecule has 21 heavy (non-hydrogen) atoms. The number of aryl methyl sites for hydroxylation is 1. The van der Waals surface area contributed by atoms with Crippen molar-refractivity contribution < 1.29 is 14.7 Å². The average molecular weight is 292 g/mol. The van der Waals surface area contributed by atoms with Gasteiger partial charge in [-0.2, -0.15) is 0 Å². The van der Waals surface area contributed by atoms with Crippen molar-refractivity contribution >= 4 is 17.6 Å². The van der Waals surface area contributed by atoms with E-state index in [2.05, 4.69) is 5.32 Å². The summed E-state index contributed by atoms with van der Waals surface area (Å²) in [6, 6.07) is 8.16. The van der Waals surface area contributed by atoms with Crippen LogP contribution in [-0.2, 0) is 16.0 Å². The highest BCUT2D eigenvalue weighted by molar-refractivity contribution is 5.76. The second-order valence-electron chi connectivity index (χ2n) is 5.26. The minimum Gasteiger partial charge on any atom is -0.481 e. The number of carboxylic acids is 1. The molecule has 1 amide bonds. The zero-order valence-electron chi connectivity index (χ0n) is 12.8. The lowest BCUT2D eigenvalue weighted by atomic mass is 10.1. The molecule has 1 aromatic carbocycles. The third-order valence-electron chi connectivity index (χ3n) is 3.23. The molecule has 1 aromatic rings. The first-order valence-electron chi connectivity index (χ1n) is 7.24. The molecule has 0 saturated carbocycles. The van der Waals surface area contributed by atoms with Gasteiger partial charge in [-0.25, -0.2) is 0 Å². The van der Waals surface area contributed by atoms with Gasteiger partial charge in [0.1, 0.15) is 0 Å². The SMILES string of the molecule is CN(C)c1ccc(CCC(=O)NCCCCC(=O)O)cc1. The van der Waals surface area contributed by atoms with E-state index >= 15 is 0 Å². The van der Waals surface area contributed by atoms with Gasteiger partial charge in [-0.15, -0.1) is 0 Å². The molecule has 116 valence electrons. The molecule has 0 atom stereocenters. The number of anilines is 1. The number of hydrogen-bond acceptors (Lipinski definition) is 3. The summed E-state index contributed by atoms with van der Waals surface area (Å²) in [5.41, 5.74) is 2.28. The van der Waals surface area contributed by atoms with Crippen LogP contribution >= 0.6 is 0 Å². The van der Waals surface area contributed by atoms with E-state index in [1.807, 2.05) is 43.3 Å². The topological polar surface area (TPSA) is 69.6 Å². The first-order valence-corrected chi connectivity index (χ1v) is 7.24. The number of nitrogens with one attached hydrogen (secondary N) is 1. The maximum absolute atomic E-state index is 11.7. The Morgan fingerprint density at radius 2 is 1.76 bits per heavy atom. The minimum atomic E-state index is -0.789. The normalized spacial score (nSPS) is 10.2. The van der Waals surface area contributed by atoms with Crippen LogP contribution in [0.3, 0.4) is 0 Å². The number of carboxylic acid groups (broad SMARTS) is 1. The second kappa shape index (κ2) is 9.00. The Morgan fingerprint density at radius 1 is 1.10 bits per heavy atom. The molecule has 1 rings (SSSR count). The van der Waals surface area contributed by atoms with E-state index < -0.39 is 5.97 Å². The van der Waals surface area contributed by atoms with Crippen LogP contribution in [0.5, 0.6) is 0 Å². The van der Waals surface area contributed by atoms with Gasteiger partial charge in [-0.05, 0) is 37.0 Å². The van der Waals surface area contributed by atoms with Gasteiger partial charge in [0.15, 0.2) is 0 Å². The predicted octanol–water partition coefficient (Wildman–Crippen LogP) is 2.06. The summed E-state index contributed by atoms with van der Waals surface area (Å²) in [6.07, 6.45) is 2.64. The molecule has 0 bridgehead atoms. The average Bonchev–Trinajstić information content (AvgIpc) is 2.44. The number of hydrogen-bond donors (Lipinski definition) is 2. The van der Waals surface area contributed by atoms with Crippen molar-refractivity contribution in [2.24, 2.45) is 0 Å². The molecule has 0 aromatic heterocycles. The first-order chi connectivity index (χ1) is 9.99. The van der Waals surface area contributed by atoms with Crippen molar-refractivity contribution in [3.05, 3.63) is 29.8 Å². The highest BCUT2D eigenvalue weighted by Gasteiger charge is 2.03. The fourth-order valence-electron chi connectivity index (χ4n) is 1.94. The molecular weight excluding hydrogens is 268 g/mol. The Morgan fingerprint density at radius 3 is 2.33 bits per heavy atom. The molecule has 0 heterocycles. The van der Waals surface area contributed by atoms with Crippen molar-refractivity contribution in [3.8, 4) is 0 Å². The lowest BCUT2D eigenvalue weighted by Gasteiger charge is -2.12. The zero-order chi connectivity index (χ0) is 15.7. The first kappa shape index (κ1) is 17.0. The van der Waals surface area contributed by atoms with Crippen LogP contribution in [0.4, 0.5) is 5.69 Å². The van der Waals surface area contributed by atoms with Crippen LogP contribution in [0.1, 0.15) is 31.2 Å². The molecule has 0 saturated heterocycles. The zero-order valence-corrected chi connectivity index (χ0v) is 12.8. The number of rotatable bonds is 9. The molecule has 0 spiro atoms. The third kappa shape index (κ3) is 7.34. The summed E-state index contributed by atoms with van der Waals surface area (Å²) >= 11 is 0. The van der Waals surface area contributed by atoms with Gasteiger partial charge in [0.2, 0.25) is 5.91 Å². The lowest BCUT2D eigenvalue weighted by molar-refractivity contribution is -0.137. The summed E-state index contributed by atoms with van der Waals surface area (Å²) in [6.45, 7) is 0.547. The van der Waals surface area contributed by atoms with E-state index in [1.54, 1.807) is 0 Å². The number of nitrogens with zero attached hydrogens (tertiary/aromatic N) is 1. The lowest BCUT2D eigenvalue weighted by Crippen LogP contribution is -2.24. The number of aliphatic carboxylic acids is 1. The van der Waals surface area contributed by atoms with Crippen molar-refractivity contribution in [2.75, 3.05) is 25.5 Å². The fraction of sp³-hybridized carbons (Fsp3) is 0.500. The maximum Gasteiger partial charge on any atom is 0.303 e. The summed E-state index contributed by atoms with van der Waals surface area (Å²) in [5, 5.41) is 11.3. The fourth-order valence-corrected chi connectivity index (χ4v) is 1.94. The molecule has 0 unspecified atom stereocenters. The van der Waals surface area contributed by atoms with E-state index in [0.717, 1.165) is 11.3 Å². The number of carbonyl (C=O) groups is 2.